The number of carbonyl (C=O) groups is 1. The lowest BCUT2D eigenvalue weighted by Gasteiger charge is -2.19. The van der Waals surface area contributed by atoms with E-state index >= 15 is 0 Å². The van der Waals surface area contributed by atoms with Gasteiger partial charge in [-0.15, -0.1) is 0 Å². The van der Waals surface area contributed by atoms with Crippen LogP contribution in [-0.2, 0) is 0 Å². The van der Waals surface area contributed by atoms with E-state index in [1.807, 2.05) is 0 Å². The van der Waals surface area contributed by atoms with Crippen molar-refractivity contribution in [2.75, 3.05) is 0 Å². The topological polar surface area (TPSA) is 37.3 Å². The minimum absolute atomic E-state index is 0.0533. The molecule has 0 radical (unpaired) electrons. The summed E-state index contributed by atoms with van der Waals surface area (Å²) in [6.07, 6.45) is 0. The first kappa shape index (κ1) is 11.8. The van der Waals surface area contributed by atoms with Gasteiger partial charge < -0.3 is 5.11 Å². The van der Waals surface area contributed by atoms with Crippen LogP contribution in [0.5, 0.6) is 0 Å². The highest BCUT2D eigenvalue weighted by atomic mass is 28.3. The van der Waals surface area contributed by atoms with Crippen molar-refractivity contribution in [3.05, 3.63) is 29.3 Å². The molecule has 0 heterocycles. The maximum Gasteiger partial charge on any atom is 0.338 e. The minimum Gasteiger partial charge on any atom is -0.478 e. The van der Waals surface area contributed by atoms with E-state index in [0.717, 1.165) is 12.1 Å². The molecule has 0 unspecified atom stereocenters. The van der Waals surface area contributed by atoms with Crippen LogP contribution in [0.3, 0.4) is 0 Å². The Labute approximate surface area is 87.6 Å². The highest BCUT2D eigenvalue weighted by Gasteiger charge is 2.28. The highest BCUT2D eigenvalue weighted by Crippen LogP contribution is 2.13. The Kier molecular flexibility index (Phi) is 2.94. The number of hydrogen-bond acceptors (Lipinski definition) is 1. The van der Waals surface area contributed by atoms with Crippen molar-refractivity contribution in [3.63, 3.8) is 0 Å². The van der Waals surface area contributed by atoms with Crippen molar-refractivity contribution in [2.24, 2.45) is 0 Å². The van der Waals surface area contributed by atoms with E-state index in [4.69, 9.17) is 5.11 Å². The fourth-order valence-electron chi connectivity index (χ4n) is 1.41. The van der Waals surface area contributed by atoms with Gasteiger partial charge in [-0.2, -0.15) is 0 Å². The first-order valence-corrected chi connectivity index (χ1v) is 7.97. The molecule has 0 saturated heterocycles. The molecule has 0 bridgehead atoms. The second-order valence-electron chi connectivity index (χ2n) is 4.34. The summed E-state index contributed by atoms with van der Waals surface area (Å²) in [4.78, 5) is 10.7. The highest BCUT2D eigenvalue weighted by molar-refractivity contribution is 6.88. The van der Waals surface area contributed by atoms with E-state index in [1.54, 1.807) is 19.6 Å². The molecule has 0 saturated carbocycles. The molecule has 2 nitrogen and oxygen atoms in total. The van der Waals surface area contributed by atoms with E-state index in [-0.39, 0.29) is 5.19 Å². The summed E-state index contributed by atoms with van der Waals surface area (Å²) in [7, 11) is -2.21. The van der Waals surface area contributed by atoms with Crippen LogP contribution in [0.1, 0.15) is 10.4 Å². The molecular formula is C10H12F2O2Si. The largest absolute Gasteiger partial charge is 0.478 e. The summed E-state index contributed by atoms with van der Waals surface area (Å²) in [5.74, 6) is -2.95. The molecule has 0 atom stereocenters. The number of carboxylic acid groups (broad SMARTS) is 1. The van der Waals surface area contributed by atoms with E-state index in [0.29, 0.717) is 0 Å². The van der Waals surface area contributed by atoms with Crippen molar-refractivity contribution in [1.29, 1.82) is 0 Å². The predicted molar refractivity (Wildman–Crippen MR) is 56.3 cm³/mol. The molecule has 0 aliphatic heterocycles. The molecule has 1 N–H and O–H groups in total. The van der Waals surface area contributed by atoms with Crippen molar-refractivity contribution in [2.45, 2.75) is 19.6 Å². The maximum atomic E-state index is 13.7. The zero-order valence-electron chi connectivity index (χ0n) is 8.77. The van der Waals surface area contributed by atoms with Crippen LogP contribution >= 0.6 is 0 Å². The Hall–Kier alpha value is -1.23. The predicted octanol–water partition coefficient (Wildman–Crippen LogP) is 2.21. The van der Waals surface area contributed by atoms with Gasteiger partial charge in [0, 0.05) is 5.19 Å². The lowest BCUT2D eigenvalue weighted by Crippen LogP contribution is -2.43. The molecular weight excluding hydrogens is 218 g/mol. The third kappa shape index (κ3) is 2.23. The number of aromatic carboxylic acids is 1. The molecule has 0 fully saturated rings. The fraction of sp³-hybridized carbons (Fsp3) is 0.300. The van der Waals surface area contributed by atoms with Crippen LogP contribution in [0.15, 0.2) is 12.1 Å². The van der Waals surface area contributed by atoms with Crippen molar-refractivity contribution < 1.29 is 18.7 Å². The number of carboxylic acids is 1. The summed E-state index contributed by atoms with van der Waals surface area (Å²) in [6.45, 7) is 5.29. The average molecular weight is 230 g/mol. The maximum absolute atomic E-state index is 13.7. The van der Waals surface area contributed by atoms with Crippen molar-refractivity contribution in [1.82, 2.24) is 0 Å². The molecule has 1 aromatic rings. The van der Waals surface area contributed by atoms with Gasteiger partial charge >= 0.3 is 5.97 Å². The van der Waals surface area contributed by atoms with Gasteiger partial charge in [0.15, 0.2) is 0 Å². The lowest BCUT2D eigenvalue weighted by atomic mass is 10.2. The van der Waals surface area contributed by atoms with E-state index < -0.39 is 31.2 Å². The molecule has 0 spiro atoms. The van der Waals surface area contributed by atoms with Crippen molar-refractivity contribution in [3.8, 4) is 0 Å². The first-order valence-electron chi connectivity index (χ1n) is 4.47. The van der Waals surface area contributed by atoms with Crippen molar-refractivity contribution >= 4 is 19.2 Å². The standard InChI is InChI=1S/C10H12F2O2Si/c1-15(2,3)9-7(11)5-4-6(8(9)12)10(13)14/h4-5H,1-3H3,(H,13,14). The second-order valence-corrected chi connectivity index (χ2v) is 9.34. The Morgan fingerprint density at radius 2 is 1.80 bits per heavy atom. The zero-order valence-corrected chi connectivity index (χ0v) is 9.77. The lowest BCUT2D eigenvalue weighted by molar-refractivity contribution is 0.0692. The van der Waals surface area contributed by atoms with Gasteiger partial charge in [0.25, 0.3) is 0 Å². The Balaban J connectivity index is 3.51. The molecule has 5 heteroatoms. The summed E-state index contributed by atoms with van der Waals surface area (Å²) < 4.78 is 27.1. The first-order chi connectivity index (χ1) is 6.75. The van der Waals surface area contributed by atoms with E-state index in [1.165, 1.54) is 0 Å². The van der Waals surface area contributed by atoms with Crippen LogP contribution in [0.4, 0.5) is 8.78 Å². The third-order valence-corrected chi connectivity index (χ3v) is 4.03. The van der Waals surface area contributed by atoms with Gasteiger partial charge in [-0.25, -0.2) is 13.6 Å². The summed E-state index contributed by atoms with van der Waals surface area (Å²) in [5.41, 5.74) is -0.464. The number of benzene rings is 1. The normalized spacial score (nSPS) is 11.5. The summed E-state index contributed by atoms with van der Waals surface area (Å²) in [5, 5.41) is 8.65. The Morgan fingerprint density at radius 3 is 2.20 bits per heavy atom. The van der Waals surface area contributed by atoms with Gasteiger partial charge in [-0.05, 0) is 12.1 Å². The molecule has 0 aliphatic carbocycles. The van der Waals surface area contributed by atoms with E-state index in [2.05, 4.69) is 0 Å². The molecule has 15 heavy (non-hydrogen) atoms. The van der Waals surface area contributed by atoms with Crippen LogP contribution in [-0.4, -0.2) is 19.1 Å². The molecule has 0 aliphatic rings. The third-order valence-electron chi connectivity index (χ3n) is 2.07. The molecule has 0 aromatic heterocycles. The quantitative estimate of drug-likeness (QED) is 0.791. The molecule has 82 valence electrons. The van der Waals surface area contributed by atoms with Gasteiger partial charge in [0.05, 0.1) is 13.6 Å². The summed E-state index contributed by atoms with van der Waals surface area (Å²) >= 11 is 0. The van der Waals surface area contributed by atoms with Gasteiger partial charge in [0.1, 0.15) is 11.6 Å². The fourth-order valence-corrected chi connectivity index (χ4v) is 3.00. The zero-order chi connectivity index (χ0) is 11.8. The average Bonchev–Trinajstić information content (AvgIpc) is 2.00. The smallest absolute Gasteiger partial charge is 0.338 e. The molecule has 1 rings (SSSR count). The SMILES string of the molecule is C[Si](C)(C)c1c(F)ccc(C(=O)O)c1F. The van der Waals surface area contributed by atoms with Crippen LogP contribution in [0.2, 0.25) is 19.6 Å². The number of rotatable bonds is 2. The second kappa shape index (κ2) is 3.73. The van der Waals surface area contributed by atoms with Gasteiger partial charge in [-0.3, -0.25) is 0 Å². The number of halogens is 2. The monoisotopic (exact) mass is 230 g/mol. The van der Waals surface area contributed by atoms with E-state index in [9.17, 15) is 13.6 Å². The molecule has 0 amide bonds. The Bertz CT molecular complexity index is 411. The van der Waals surface area contributed by atoms with Gasteiger partial charge in [-0.1, -0.05) is 19.6 Å². The number of hydrogen-bond donors (Lipinski definition) is 1. The summed E-state index contributed by atoms with van der Waals surface area (Å²) in [6, 6.07) is 1.97. The molecule has 1 aromatic carbocycles. The Morgan fingerprint density at radius 1 is 1.27 bits per heavy atom. The van der Waals surface area contributed by atoms with Crippen LogP contribution in [0, 0.1) is 11.6 Å². The van der Waals surface area contributed by atoms with Crippen LogP contribution in [0.25, 0.3) is 0 Å². The van der Waals surface area contributed by atoms with Gasteiger partial charge in [0.2, 0.25) is 0 Å². The van der Waals surface area contributed by atoms with Crippen LogP contribution < -0.4 is 5.19 Å². The minimum atomic E-state index is -2.21.